The molecule has 0 spiro atoms. The summed E-state index contributed by atoms with van der Waals surface area (Å²) in [6.45, 7) is 2.04. The number of halogens is 2. The van der Waals surface area contributed by atoms with Crippen LogP contribution in [0.3, 0.4) is 0 Å². The largest absolute Gasteiger partial charge is 0.453 e. The maximum atomic E-state index is 12.5. The van der Waals surface area contributed by atoms with E-state index in [1.807, 2.05) is 18.2 Å². The second-order valence-electron chi connectivity index (χ2n) is 4.37. The van der Waals surface area contributed by atoms with E-state index in [0.717, 1.165) is 8.04 Å². The Morgan fingerprint density at radius 2 is 1.80 bits per heavy atom. The molecule has 1 aromatic rings. The van der Waals surface area contributed by atoms with Crippen molar-refractivity contribution in [1.82, 2.24) is 9.80 Å². The Morgan fingerprint density at radius 1 is 1.20 bits per heavy atom. The van der Waals surface area contributed by atoms with E-state index >= 15 is 0 Å². The van der Waals surface area contributed by atoms with Gasteiger partial charge in [0.1, 0.15) is 0 Å². The molecule has 1 aliphatic heterocycles. The predicted molar refractivity (Wildman–Crippen MR) is 86.7 cm³/mol. The molecule has 0 bridgehead atoms. The van der Waals surface area contributed by atoms with E-state index in [2.05, 4.69) is 43.3 Å². The van der Waals surface area contributed by atoms with Crippen LogP contribution >= 0.6 is 38.5 Å². The molecule has 0 saturated carbocycles. The monoisotopic (exact) mass is 452 g/mol. The summed E-state index contributed by atoms with van der Waals surface area (Å²) in [4.78, 5) is 27.2. The van der Waals surface area contributed by atoms with Crippen LogP contribution in [-0.4, -0.2) is 55.1 Å². The van der Waals surface area contributed by atoms with Crippen LogP contribution in [0.2, 0.25) is 0 Å². The first-order chi connectivity index (χ1) is 9.52. The third-order valence-corrected chi connectivity index (χ3v) is 4.52. The Morgan fingerprint density at radius 3 is 2.40 bits per heavy atom. The maximum Gasteiger partial charge on any atom is 0.409 e. The highest BCUT2D eigenvalue weighted by molar-refractivity contribution is 14.1. The van der Waals surface area contributed by atoms with Gasteiger partial charge in [-0.1, -0.05) is 0 Å². The molecule has 0 atom stereocenters. The van der Waals surface area contributed by atoms with Gasteiger partial charge in [-0.3, -0.25) is 4.79 Å². The lowest BCUT2D eigenvalue weighted by Crippen LogP contribution is -2.50. The number of rotatable bonds is 1. The fourth-order valence-corrected chi connectivity index (χ4v) is 2.96. The van der Waals surface area contributed by atoms with Gasteiger partial charge in [0.2, 0.25) is 0 Å². The highest BCUT2D eigenvalue weighted by Gasteiger charge is 2.26. The van der Waals surface area contributed by atoms with Crippen molar-refractivity contribution >= 4 is 50.5 Å². The van der Waals surface area contributed by atoms with Crippen molar-refractivity contribution in [1.29, 1.82) is 0 Å². The summed E-state index contributed by atoms with van der Waals surface area (Å²) in [6.07, 6.45) is -0.340. The third-order valence-electron chi connectivity index (χ3n) is 3.16. The summed E-state index contributed by atoms with van der Waals surface area (Å²) in [5.41, 5.74) is 0.656. The van der Waals surface area contributed by atoms with Crippen molar-refractivity contribution < 1.29 is 14.3 Å². The Labute approximate surface area is 139 Å². The van der Waals surface area contributed by atoms with Gasteiger partial charge in [0.05, 0.1) is 12.7 Å². The predicted octanol–water partition coefficient (Wildman–Crippen LogP) is 2.58. The van der Waals surface area contributed by atoms with Crippen molar-refractivity contribution in [2.24, 2.45) is 0 Å². The van der Waals surface area contributed by atoms with Gasteiger partial charge in [0.15, 0.2) is 0 Å². The van der Waals surface area contributed by atoms with Crippen LogP contribution in [0.1, 0.15) is 10.4 Å². The van der Waals surface area contributed by atoms with Gasteiger partial charge in [0, 0.05) is 34.2 Å². The first-order valence-electron chi connectivity index (χ1n) is 6.10. The quantitative estimate of drug-likeness (QED) is 0.615. The van der Waals surface area contributed by atoms with Crippen LogP contribution in [0, 0.1) is 3.57 Å². The fourth-order valence-electron chi connectivity index (χ4n) is 2.05. The number of hydrogen-bond acceptors (Lipinski definition) is 3. The number of carbonyl (C=O) groups is 2. The summed E-state index contributed by atoms with van der Waals surface area (Å²) in [5, 5.41) is 0. The second-order valence-corrected chi connectivity index (χ2v) is 6.47. The van der Waals surface area contributed by atoms with E-state index in [4.69, 9.17) is 0 Å². The minimum Gasteiger partial charge on any atom is -0.453 e. The summed E-state index contributed by atoms with van der Waals surface area (Å²) >= 11 is 5.59. The van der Waals surface area contributed by atoms with E-state index in [0.29, 0.717) is 31.7 Å². The summed E-state index contributed by atoms with van der Waals surface area (Å²) in [6, 6.07) is 5.68. The van der Waals surface area contributed by atoms with Gasteiger partial charge in [-0.15, -0.1) is 0 Å². The first kappa shape index (κ1) is 15.6. The minimum atomic E-state index is -0.340. The topological polar surface area (TPSA) is 49.9 Å². The van der Waals surface area contributed by atoms with Crippen molar-refractivity contribution in [3.63, 3.8) is 0 Å². The number of ether oxygens (including phenoxy) is 1. The Balaban J connectivity index is 2.05. The molecule has 0 aromatic heterocycles. The Bertz CT molecular complexity index is 530. The van der Waals surface area contributed by atoms with E-state index in [1.165, 1.54) is 7.11 Å². The van der Waals surface area contributed by atoms with Gasteiger partial charge in [-0.2, -0.15) is 0 Å². The number of nitrogens with zero attached hydrogens (tertiary/aromatic N) is 2. The number of hydrogen-bond donors (Lipinski definition) is 0. The van der Waals surface area contributed by atoms with Crippen LogP contribution in [0.25, 0.3) is 0 Å². The van der Waals surface area contributed by atoms with Gasteiger partial charge >= 0.3 is 6.09 Å². The number of methoxy groups -OCH3 is 1. The molecule has 0 radical (unpaired) electrons. The molecule has 0 aliphatic carbocycles. The summed E-state index contributed by atoms with van der Waals surface area (Å²) < 4.78 is 6.49. The molecule has 1 heterocycles. The first-order valence-corrected chi connectivity index (χ1v) is 7.97. The maximum absolute atomic E-state index is 12.5. The molecule has 5 nitrogen and oxygen atoms in total. The van der Waals surface area contributed by atoms with Crippen molar-refractivity contribution in [2.45, 2.75) is 0 Å². The zero-order valence-corrected chi connectivity index (χ0v) is 14.7. The molecular weight excluding hydrogens is 439 g/mol. The van der Waals surface area contributed by atoms with E-state index < -0.39 is 0 Å². The molecule has 1 saturated heterocycles. The normalized spacial score (nSPS) is 15.2. The zero-order chi connectivity index (χ0) is 14.7. The van der Waals surface area contributed by atoms with Gasteiger partial charge in [-0.25, -0.2) is 4.79 Å². The van der Waals surface area contributed by atoms with Crippen LogP contribution < -0.4 is 0 Å². The van der Waals surface area contributed by atoms with Crippen LogP contribution in [0.4, 0.5) is 4.79 Å². The third kappa shape index (κ3) is 3.43. The lowest BCUT2D eigenvalue weighted by molar-refractivity contribution is 0.0599. The number of amides is 2. The SMILES string of the molecule is COC(=O)N1CCN(C(=O)c2cc(I)ccc2Br)CC1. The lowest BCUT2D eigenvalue weighted by Gasteiger charge is -2.34. The molecule has 108 valence electrons. The molecule has 2 rings (SSSR count). The molecule has 1 aliphatic rings. The molecular formula is C13H14BrIN2O3. The Hall–Kier alpha value is -0.830. The van der Waals surface area contributed by atoms with Gasteiger partial charge in [0.25, 0.3) is 5.91 Å². The minimum absolute atomic E-state index is 0.0140. The fraction of sp³-hybridized carbons (Fsp3) is 0.385. The second kappa shape index (κ2) is 6.75. The summed E-state index contributed by atoms with van der Waals surface area (Å²) in [5.74, 6) is -0.0140. The van der Waals surface area contributed by atoms with Crippen molar-refractivity contribution in [2.75, 3.05) is 33.3 Å². The number of carbonyl (C=O) groups excluding carboxylic acids is 2. The average Bonchev–Trinajstić information content (AvgIpc) is 2.48. The van der Waals surface area contributed by atoms with Crippen LogP contribution in [0.5, 0.6) is 0 Å². The molecule has 20 heavy (non-hydrogen) atoms. The molecule has 0 N–H and O–H groups in total. The standard InChI is InChI=1S/C13H14BrIN2O3/c1-20-13(19)17-6-4-16(5-7-17)12(18)10-8-9(15)2-3-11(10)14/h2-3,8H,4-7H2,1H3. The van der Waals surface area contributed by atoms with E-state index in [-0.39, 0.29) is 12.0 Å². The van der Waals surface area contributed by atoms with E-state index in [1.54, 1.807) is 9.80 Å². The molecule has 1 fully saturated rings. The molecule has 2 amide bonds. The lowest BCUT2D eigenvalue weighted by atomic mass is 10.2. The highest BCUT2D eigenvalue weighted by atomic mass is 127. The molecule has 1 aromatic carbocycles. The van der Waals surface area contributed by atoms with E-state index in [9.17, 15) is 9.59 Å². The summed E-state index contributed by atoms with van der Waals surface area (Å²) in [7, 11) is 1.36. The van der Waals surface area contributed by atoms with Gasteiger partial charge < -0.3 is 14.5 Å². The number of piperazine rings is 1. The van der Waals surface area contributed by atoms with Crippen molar-refractivity contribution in [3.8, 4) is 0 Å². The number of benzene rings is 1. The van der Waals surface area contributed by atoms with Crippen molar-refractivity contribution in [3.05, 3.63) is 31.8 Å². The highest BCUT2D eigenvalue weighted by Crippen LogP contribution is 2.21. The molecule has 0 unspecified atom stereocenters. The van der Waals surface area contributed by atoms with Gasteiger partial charge in [-0.05, 0) is 56.7 Å². The molecule has 7 heteroatoms. The Kier molecular flexibility index (Phi) is 5.25. The smallest absolute Gasteiger partial charge is 0.409 e. The average molecular weight is 453 g/mol. The zero-order valence-electron chi connectivity index (χ0n) is 10.9. The van der Waals surface area contributed by atoms with Crippen LogP contribution in [0.15, 0.2) is 22.7 Å². The van der Waals surface area contributed by atoms with Crippen LogP contribution in [-0.2, 0) is 4.74 Å².